The third-order valence-corrected chi connectivity index (χ3v) is 4.70. The van der Waals surface area contributed by atoms with Gasteiger partial charge in [-0.05, 0) is 26.0 Å². The number of pyridine rings is 3. The summed E-state index contributed by atoms with van der Waals surface area (Å²) in [6.45, 7) is 3.76. The minimum Gasteiger partial charge on any atom is -0.462 e. The van der Waals surface area contributed by atoms with Crippen molar-refractivity contribution in [1.82, 2.24) is 19.9 Å². The van der Waals surface area contributed by atoms with E-state index < -0.39 is 23.0 Å². The molecular weight excluding hydrogens is 412 g/mol. The van der Waals surface area contributed by atoms with E-state index >= 15 is 0 Å². The summed E-state index contributed by atoms with van der Waals surface area (Å²) in [5.74, 6) is -2.98. The smallest absolute Gasteiger partial charge is 0.343 e. The summed E-state index contributed by atoms with van der Waals surface area (Å²) in [6, 6.07) is 2.97. The Hall–Kier alpha value is -3.89. The largest absolute Gasteiger partial charge is 0.462 e. The molecule has 1 N–H and O–H groups in total. The lowest BCUT2D eigenvalue weighted by Crippen LogP contribution is -2.29. The van der Waals surface area contributed by atoms with Crippen molar-refractivity contribution in [2.24, 2.45) is 0 Å². The predicted molar refractivity (Wildman–Crippen MR) is 106 cm³/mol. The van der Waals surface area contributed by atoms with Crippen molar-refractivity contribution in [2.45, 2.75) is 19.9 Å². The number of ether oxygens (including phenoxy) is 1. The normalized spacial score (nSPS) is 15.9. The van der Waals surface area contributed by atoms with Crippen molar-refractivity contribution in [3.05, 3.63) is 58.0 Å². The Morgan fingerprint density at radius 3 is 2.74 bits per heavy atom. The number of rotatable bonds is 4. The van der Waals surface area contributed by atoms with Gasteiger partial charge in [0.1, 0.15) is 17.2 Å². The van der Waals surface area contributed by atoms with Crippen LogP contribution in [0.5, 0.6) is 0 Å². The minimum absolute atomic E-state index is 0.0209. The van der Waals surface area contributed by atoms with Crippen LogP contribution in [0, 0.1) is 11.6 Å². The second-order valence-electron chi connectivity index (χ2n) is 6.92. The Morgan fingerprint density at radius 1 is 1.32 bits per heavy atom. The fraction of sp³-hybridized carbons (Fsp3) is 0.250. The maximum Gasteiger partial charge on any atom is 0.343 e. The van der Waals surface area contributed by atoms with Crippen LogP contribution in [0.4, 0.5) is 19.4 Å². The molecule has 1 unspecified atom stereocenters. The topological polar surface area (TPSA) is 106 Å². The van der Waals surface area contributed by atoms with Crippen molar-refractivity contribution >= 4 is 28.9 Å². The molecule has 1 aliphatic rings. The molecule has 0 aromatic carbocycles. The van der Waals surface area contributed by atoms with E-state index in [1.54, 1.807) is 6.92 Å². The van der Waals surface area contributed by atoms with Gasteiger partial charge in [-0.15, -0.1) is 0 Å². The fourth-order valence-corrected chi connectivity index (χ4v) is 3.33. The quantitative estimate of drug-likeness (QED) is 0.637. The van der Waals surface area contributed by atoms with E-state index in [4.69, 9.17) is 4.74 Å². The lowest BCUT2D eigenvalue weighted by Gasteiger charge is -2.17. The molecule has 31 heavy (non-hydrogen) atoms. The Kier molecular flexibility index (Phi) is 5.09. The van der Waals surface area contributed by atoms with Gasteiger partial charge in [-0.2, -0.15) is 0 Å². The van der Waals surface area contributed by atoms with Crippen LogP contribution < -0.4 is 15.6 Å². The summed E-state index contributed by atoms with van der Waals surface area (Å²) in [7, 11) is 0. The van der Waals surface area contributed by atoms with Gasteiger partial charge in [0.05, 0.1) is 18.2 Å². The minimum atomic E-state index is -1.03. The monoisotopic (exact) mass is 429 g/mol. The van der Waals surface area contributed by atoms with Crippen molar-refractivity contribution in [3.8, 4) is 5.82 Å². The zero-order valence-corrected chi connectivity index (χ0v) is 16.6. The highest BCUT2D eigenvalue weighted by Gasteiger charge is 2.29. The first-order valence-corrected chi connectivity index (χ1v) is 9.43. The summed E-state index contributed by atoms with van der Waals surface area (Å²) in [6.07, 6.45) is 1.85. The van der Waals surface area contributed by atoms with Gasteiger partial charge in [-0.3, -0.25) is 14.3 Å². The van der Waals surface area contributed by atoms with E-state index in [1.807, 2.05) is 6.92 Å². The Labute approximate surface area is 174 Å². The number of halogens is 2. The number of amides is 2. The summed E-state index contributed by atoms with van der Waals surface area (Å²) >= 11 is 0. The van der Waals surface area contributed by atoms with Gasteiger partial charge < -0.3 is 10.1 Å². The van der Waals surface area contributed by atoms with Crippen LogP contribution >= 0.6 is 0 Å². The number of urea groups is 1. The molecule has 160 valence electrons. The first kappa shape index (κ1) is 20.4. The Bertz CT molecular complexity index is 1280. The molecule has 1 atom stereocenters. The standard InChI is InChI=1S/C20H17F2N5O4/c1-3-31-19(29)13-9-27(18-14(22)6-11(21)7-23-18)17-12(16(13)28)4-5-15(25-17)26-8-10(2)24-20(26)30/h4-7,9-10H,3,8H2,1-2H3,(H,24,30). The maximum absolute atomic E-state index is 14.5. The first-order valence-electron chi connectivity index (χ1n) is 9.43. The van der Waals surface area contributed by atoms with Crippen molar-refractivity contribution in [1.29, 1.82) is 0 Å². The summed E-state index contributed by atoms with van der Waals surface area (Å²) < 4.78 is 33.9. The van der Waals surface area contributed by atoms with Gasteiger partial charge in [0.15, 0.2) is 17.3 Å². The SMILES string of the molecule is CCOC(=O)c1cn(-c2ncc(F)cc2F)c2nc(N3CC(C)NC3=O)ccc2c1=O. The number of carbonyl (C=O) groups excluding carboxylic acids is 2. The summed E-state index contributed by atoms with van der Waals surface area (Å²) in [4.78, 5) is 46.9. The average Bonchev–Trinajstić information content (AvgIpc) is 3.07. The number of carbonyl (C=O) groups is 2. The van der Waals surface area contributed by atoms with Crippen molar-refractivity contribution < 1.29 is 23.1 Å². The number of aromatic nitrogens is 3. The predicted octanol–water partition coefficient (Wildman–Crippen LogP) is 2.15. The number of hydrogen-bond donors (Lipinski definition) is 1. The van der Waals surface area contributed by atoms with Gasteiger partial charge in [0.2, 0.25) is 5.43 Å². The molecule has 0 bridgehead atoms. The molecule has 3 aromatic rings. The highest BCUT2D eigenvalue weighted by molar-refractivity contribution is 5.96. The van der Waals surface area contributed by atoms with E-state index in [2.05, 4.69) is 15.3 Å². The maximum atomic E-state index is 14.5. The number of hydrogen-bond acceptors (Lipinski definition) is 6. The third kappa shape index (κ3) is 3.58. The number of fused-ring (bicyclic) bond motifs is 1. The number of esters is 1. The van der Waals surface area contributed by atoms with Crippen LogP contribution in [-0.4, -0.2) is 45.7 Å². The summed E-state index contributed by atoms with van der Waals surface area (Å²) in [5, 5.41) is 2.71. The fourth-order valence-electron chi connectivity index (χ4n) is 3.33. The van der Waals surface area contributed by atoms with E-state index in [0.29, 0.717) is 12.6 Å². The highest BCUT2D eigenvalue weighted by atomic mass is 19.1. The third-order valence-electron chi connectivity index (χ3n) is 4.70. The molecule has 0 spiro atoms. The van der Waals surface area contributed by atoms with Crippen molar-refractivity contribution in [3.63, 3.8) is 0 Å². The molecule has 9 nitrogen and oxygen atoms in total. The van der Waals surface area contributed by atoms with Gasteiger partial charge in [-0.25, -0.2) is 28.3 Å². The first-order chi connectivity index (χ1) is 14.8. The number of nitrogens with zero attached hydrogens (tertiary/aromatic N) is 4. The van der Waals surface area contributed by atoms with E-state index in [0.717, 1.165) is 17.0 Å². The lowest BCUT2D eigenvalue weighted by atomic mass is 10.2. The van der Waals surface area contributed by atoms with Gasteiger partial charge in [-0.1, -0.05) is 0 Å². The Morgan fingerprint density at radius 2 is 2.10 bits per heavy atom. The number of nitrogens with one attached hydrogen (secondary N) is 1. The van der Waals surface area contributed by atoms with Crippen LogP contribution in [0.2, 0.25) is 0 Å². The van der Waals surface area contributed by atoms with E-state index in [1.165, 1.54) is 17.0 Å². The average molecular weight is 429 g/mol. The lowest BCUT2D eigenvalue weighted by molar-refractivity contribution is 0.0524. The molecule has 1 aliphatic heterocycles. The molecule has 11 heteroatoms. The second kappa shape index (κ2) is 7.74. The molecule has 0 radical (unpaired) electrons. The second-order valence-corrected chi connectivity index (χ2v) is 6.92. The van der Waals surface area contributed by atoms with E-state index in [-0.39, 0.29) is 46.9 Å². The zero-order valence-electron chi connectivity index (χ0n) is 16.6. The molecule has 4 rings (SSSR count). The molecule has 3 aromatic heterocycles. The molecular formula is C20H17F2N5O4. The molecule has 0 saturated carbocycles. The Balaban J connectivity index is 2.00. The molecule has 0 aliphatic carbocycles. The number of anilines is 1. The van der Waals surface area contributed by atoms with E-state index in [9.17, 15) is 23.2 Å². The van der Waals surface area contributed by atoms with Crippen LogP contribution in [0.3, 0.4) is 0 Å². The molecule has 2 amide bonds. The van der Waals surface area contributed by atoms with Gasteiger partial charge in [0, 0.05) is 24.8 Å². The summed E-state index contributed by atoms with van der Waals surface area (Å²) in [5.41, 5.74) is -1.09. The van der Waals surface area contributed by atoms with Crippen LogP contribution in [0.25, 0.3) is 16.9 Å². The molecule has 1 fully saturated rings. The van der Waals surface area contributed by atoms with Crippen LogP contribution in [-0.2, 0) is 4.74 Å². The van der Waals surface area contributed by atoms with Crippen molar-refractivity contribution in [2.75, 3.05) is 18.1 Å². The van der Waals surface area contributed by atoms with Gasteiger partial charge >= 0.3 is 12.0 Å². The molecule has 4 heterocycles. The molecule has 1 saturated heterocycles. The van der Waals surface area contributed by atoms with Gasteiger partial charge in [0.25, 0.3) is 0 Å². The van der Waals surface area contributed by atoms with Crippen LogP contribution in [0.1, 0.15) is 24.2 Å². The van der Waals surface area contributed by atoms with Crippen LogP contribution in [0.15, 0.2) is 35.4 Å². The zero-order chi connectivity index (χ0) is 22.3. The highest BCUT2D eigenvalue weighted by Crippen LogP contribution is 2.23.